The molecule has 1 amide bonds. The smallest absolute Gasteiger partial charge is 0.358 e. The molecule has 0 saturated carbocycles. The van der Waals surface area contributed by atoms with E-state index in [0.29, 0.717) is 35.1 Å². The lowest BCUT2D eigenvalue weighted by Gasteiger charge is -2.26. The van der Waals surface area contributed by atoms with Gasteiger partial charge >= 0.3 is 6.18 Å². The van der Waals surface area contributed by atoms with Gasteiger partial charge in [0.25, 0.3) is 0 Å². The number of hydrogen-bond donors (Lipinski definition) is 2. The first-order chi connectivity index (χ1) is 16.1. The number of benzene rings is 2. The van der Waals surface area contributed by atoms with E-state index in [1.807, 2.05) is 0 Å². The fourth-order valence-electron chi connectivity index (χ4n) is 3.64. The van der Waals surface area contributed by atoms with Crippen LogP contribution in [-0.4, -0.2) is 17.9 Å². The molecule has 0 aliphatic heterocycles. The maximum Gasteiger partial charge on any atom is 0.433 e. The molecule has 9 heteroatoms. The van der Waals surface area contributed by atoms with E-state index in [1.54, 1.807) is 25.1 Å². The zero-order valence-corrected chi connectivity index (χ0v) is 18.6. The van der Waals surface area contributed by atoms with Crippen LogP contribution < -0.4 is 10.6 Å². The number of alkyl halides is 3. The fourth-order valence-corrected chi connectivity index (χ4v) is 3.64. The molecule has 3 aromatic rings. The molecule has 0 radical (unpaired) electrons. The summed E-state index contributed by atoms with van der Waals surface area (Å²) in [5.41, 5.74) is 1.08. The fraction of sp³-hybridized carbons (Fsp3) is 0.280. The third-order valence-electron chi connectivity index (χ3n) is 5.48. The van der Waals surface area contributed by atoms with Crippen LogP contribution in [0.15, 0.2) is 60.8 Å². The average Bonchev–Trinajstić information content (AvgIpc) is 2.80. The highest BCUT2D eigenvalue weighted by atomic mass is 19.4. The van der Waals surface area contributed by atoms with Crippen molar-refractivity contribution in [3.63, 3.8) is 0 Å². The summed E-state index contributed by atoms with van der Waals surface area (Å²) in [5.74, 6) is -1.29. The molecule has 0 aliphatic rings. The summed E-state index contributed by atoms with van der Waals surface area (Å²) in [7, 11) is 1.46. The molecular weight excluding hydrogens is 453 g/mol. The molecule has 3 rings (SSSR count). The van der Waals surface area contributed by atoms with Gasteiger partial charge in [0.2, 0.25) is 5.91 Å². The zero-order valence-electron chi connectivity index (χ0n) is 18.6. The minimum absolute atomic E-state index is 0.336. The highest BCUT2D eigenvalue weighted by Crippen LogP contribution is 2.29. The van der Waals surface area contributed by atoms with Crippen molar-refractivity contribution in [1.29, 1.82) is 0 Å². The van der Waals surface area contributed by atoms with E-state index in [1.165, 1.54) is 43.6 Å². The first-order valence-electron chi connectivity index (χ1n) is 10.6. The van der Waals surface area contributed by atoms with Crippen LogP contribution >= 0.6 is 0 Å². The molecule has 2 aromatic carbocycles. The molecule has 0 spiro atoms. The molecule has 1 aromatic heterocycles. The highest BCUT2D eigenvalue weighted by molar-refractivity contribution is 5.83. The van der Waals surface area contributed by atoms with Crippen LogP contribution in [-0.2, 0) is 17.4 Å². The van der Waals surface area contributed by atoms with E-state index in [0.717, 1.165) is 6.07 Å². The Balaban J connectivity index is 1.89. The number of likely N-dealkylation sites (N-methyl/N-ethyl adjacent to an activating group) is 1. The van der Waals surface area contributed by atoms with E-state index in [9.17, 15) is 26.7 Å². The number of nitrogens with zero attached hydrogens (tertiary/aromatic N) is 1. The standard InChI is InChI=1S/C25H24F5N3O/c1-15-12-17(8-9-20(15)27)21(10-6-16-7-11-22(32-14-16)25(28,29)30)33-23(24(34)31-2)18-4-3-5-19(26)13-18/h3-5,7-9,11-14,21,23,33H,6,10H2,1-2H3,(H,31,34)/t21-,23+/m1/s1. The van der Waals surface area contributed by atoms with Crippen molar-refractivity contribution in [2.24, 2.45) is 0 Å². The Labute approximate surface area is 194 Å². The summed E-state index contributed by atoms with van der Waals surface area (Å²) in [4.78, 5) is 16.1. The van der Waals surface area contributed by atoms with Gasteiger partial charge in [-0.2, -0.15) is 13.2 Å². The summed E-state index contributed by atoms with van der Waals surface area (Å²) in [6.45, 7) is 1.61. The molecule has 2 atom stereocenters. The van der Waals surface area contributed by atoms with Gasteiger partial charge in [0, 0.05) is 19.3 Å². The summed E-state index contributed by atoms with van der Waals surface area (Å²) in [6.07, 6.45) is -2.66. The highest BCUT2D eigenvalue weighted by Gasteiger charge is 2.32. The van der Waals surface area contributed by atoms with E-state index in [-0.39, 0.29) is 5.82 Å². The minimum atomic E-state index is -4.53. The zero-order chi connectivity index (χ0) is 24.9. The van der Waals surface area contributed by atoms with Crippen LogP contribution in [0.25, 0.3) is 0 Å². The average molecular weight is 477 g/mol. The second-order valence-electron chi connectivity index (χ2n) is 7.92. The summed E-state index contributed by atoms with van der Waals surface area (Å²) in [5, 5.41) is 5.77. The molecule has 0 fully saturated rings. The number of amides is 1. The van der Waals surface area contributed by atoms with E-state index >= 15 is 0 Å². The second-order valence-corrected chi connectivity index (χ2v) is 7.92. The lowest BCUT2D eigenvalue weighted by molar-refractivity contribution is -0.141. The minimum Gasteiger partial charge on any atom is -0.358 e. The Kier molecular flexibility index (Phi) is 7.98. The molecule has 0 saturated heterocycles. The summed E-state index contributed by atoms with van der Waals surface area (Å²) >= 11 is 0. The second kappa shape index (κ2) is 10.7. The molecule has 4 nitrogen and oxygen atoms in total. The quantitative estimate of drug-likeness (QED) is 0.425. The molecule has 0 unspecified atom stereocenters. The number of rotatable bonds is 8. The SMILES string of the molecule is CNC(=O)[C@@H](N[C@H](CCc1ccc(C(F)(F)F)nc1)c1ccc(F)c(C)c1)c1cccc(F)c1. The molecule has 0 bridgehead atoms. The molecule has 0 aliphatic carbocycles. The lowest BCUT2D eigenvalue weighted by atomic mass is 9.95. The molecule has 34 heavy (non-hydrogen) atoms. The molecule has 1 heterocycles. The Hall–Kier alpha value is -3.33. The van der Waals surface area contributed by atoms with Gasteiger partial charge < -0.3 is 5.32 Å². The predicted molar refractivity (Wildman–Crippen MR) is 118 cm³/mol. The van der Waals surface area contributed by atoms with Crippen molar-refractivity contribution < 1.29 is 26.7 Å². The van der Waals surface area contributed by atoms with Crippen LogP contribution in [0, 0.1) is 18.6 Å². The van der Waals surface area contributed by atoms with E-state index in [2.05, 4.69) is 15.6 Å². The Morgan fingerprint density at radius 3 is 2.38 bits per heavy atom. The van der Waals surface area contributed by atoms with Crippen LogP contribution in [0.5, 0.6) is 0 Å². The van der Waals surface area contributed by atoms with Crippen molar-refractivity contribution in [1.82, 2.24) is 15.6 Å². The maximum absolute atomic E-state index is 13.9. The number of halogens is 5. The predicted octanol–water partition coefficient (Wildman–Crippen LogP) is 5.44. The number of aryl methyl sites for hydroxylation is 2. The van der Waals surface area contributed by atoms with Crippen LogP contribution in [0.1, 0.15) is 46.5 Å². The molecule has 2 N–H and O–H groups in total. The summed E-state index contributed by atoms with van der Waals surface area (Å²) in [6, 6.07) is 11.0. The summed E-state index contributed by atoms with van der Waals surface area (Å²) < 4.78 is 66.1. The molecule has 180 valence electrons. The first kappa shape index (κ1) is 25.3. The van der Waals surface area contributed by atoms with Gasteiger partial charge in [-0.3, -0.25) is 15.1 Å². The third-order valence-corrected chi connectivity index (χ3v) is 5.48. The van der Waals surface area contributed by atoms with Gasteiger partial charge in [-0.05, 0) is 66.3 Å². The van der Waals surface area contributed by atoms with Gasteiger partial charge in [0.15, 0.2) is 0 Å². The van der Waals surface area contributed by atoms with Crippen molar-refractivity contribution in [2.45, 2.75) is 38.0 Å². The maximum atomic E-state index is 13.9. The largest absolute Gasteiger partial charge is 0.433 e. The number of pyridine rings is 1. The Morgan fingerprint density at radius 2 is 1.79 bits per heavy atom. The topological polar surface area (TPSA) is 54.0 Å². The van der Waals surface area contributed by atoms with Crippen molar-refractivity contribution in [3.05, 3.63) is 100 Å². The Morgan fingerprint density at radius 1 is 1.03 bits per heavy atom. The van der Waals surface area contributed by atoms with Crippen LogP contribution in [0.2, 0.25) is 0 Å². The normalized spacial score (nSPS) is 13.4. The van der Waals surface area contributed by atoms with Crippen molar-refractivity contribution in [2.75, 3.05) is 7.05 Å². The van der Waals surface area contributed by atoms with Gasteiger partial charge in [-0.15, -0.1) is 0 Å². The van der Waals surface area contributed by atoms with Gasteiger partial charge in [0.1, 0.15) is 23.4 Å². The van der Waals surface area contributed by atoms with Gasteiger partial charge in [-0.1, -0.05) is 30.3 Å². The van der Waals surface area contributed by atoms with Crippen molar-refractivity contribution >= 4 is 5.91 Å². The van der Waals surface area contributed by atoms with E-state index in [4.69, 9.17) is 0 Å². The number of aromatic nitrogens is 1. The first-order valence-corrected chi connectivity index (χ1v) is 10.6. The third kappa shape index (κ3) is 6.38. The number of carbonyl (C=O) groups excluding carboxylic acids is 1. The number of nitrogens with one attached hydrogen (secondary N) is 2. The number of carbonyl (C=O) groups is 1. The molecular formula is C25H24F5N3O. The van der Waals surface area contributed by atoms with Crippen molar-refractivity contribution in [3.8, 4) is 0 Å². The van der Waals surface area contributed by atoms with Gasteiger partial charge in [0.05, 0.1) is 0 Å². The van der Waals surface area contributed by atoms with Crippen LogP contribution in [0.4, 0.5) is 22.0 Å². The number of hydrogen-bond acceptors (Lipinski definition) is 3. The van der Waals surface area contributed by atoms with Crippen LogP contribution in [0.3, 0.4) is 0 Å². The Bertz CT molecular complexity index is 1130. The van der Waals surface area contributed by atoms with E-state index < -0.39 is 35.7 Å². The lowest BCUT2D eigenvalue weighted by Crippen LogP contribution is -2.38. The monoisotopic (exact) mass is 477 g/mol. The van der Waals surface area contributed by atoms with Gasteiger partial charge in [-0.25, -0.2) is 8.78 Å².